The standard InChI is InChI=1S/C15H24N2O.ClH/c16-13-2-1-3-17(13)14(18)15-7-10-4-11(8-15)6-12(5-10)9-15;/h10-13H,1-9,16H2;1H. The molecule has 5 fully saturated rings. The molecule has 0 aromatic heterocycles. The molecule has 1 heterocycles. The molecule has 0 spiro atoms. The highest BCUT2D eigenvalue weighted by molar-refractivity contribution is 5.85. The topological polar surface area (TPSA) is 46.3 Å². The first-order chi connectivity index (χ1) is 8.66. The van der Waals surface area contributed by atoms with E-state index >= 15 is 0 Å². The smallest absolute Gasteiger partial charge is 0.230 e. The average molecular weight is 285 g/mol. The molecular weight excluding hydrogens is 260 g/mol. The fourth-order valence-corrected chi connectivity index (χ4v) is 5.72. The van der Waals surface area contributed by atoms with Crippen LogP contribution in [0.25, 0.3) is 0 Å². The van der Waals surface area contributed by atoms with Crippen molar-refractivity contribution in [3.05, 3.63) is 0 Å². The van der Waals surface area contributed by atoms with E-state index < -0.39 is 0 Å². The molecular formula is C15H25ClN2O. The van der Waals surface area contributed by atoms with E-state index in [4.69, 9.17) is 5.73 Å². The molecule has 1 atom stereocenters. The van der Waals surface area contributed by atoms with Crippen LogP contribution in [0.2, 0.25) is 0 Å². The lowest BCUT2D eigenvalue weighted by atomic mass is 9.49. The summed E-state index contributed by atoms with van der Waals surface area (Å²) in [5.41, 5.74) is 6.11. The predicted molar refractivity (Wildman–Crippen MR) is 76.8 cm³/mol. The number of carbonyl (C=O) groups is 1. The molecule has 108 valence electrons. The number of likely N-dealkylation sites (tertiary alicyclic amines) is 1. The molecule has 3 nitrogen and oxygen atoms in total. The maximum absolute atomic E-state index is 13.0. The highest BCUT2D eigenvalue weighted by atomic mass is 35.5. The van der Waals surface area contributed by atoms with E-state index in [0.717, 1.165) is 37.1 Å². The van der Waals surface area contributed by atoms with Gasteiger partial charge in [0.1, 0.15) is 0 Å². The summed E-state index contributed by atoms with van der Waals surface area (Å²) in [5, 5.41) is 0. The predicted octanol–water partition coefficient (Wildman–Crippen LogP) is 2.53. The zero-order valence-electron chi connectivity index (χ0n) is 11.5. The van der Waals surface area contributed by atoms with Gasteiger partial charge in [0.15, 0.2) is 0 Å². The Kier molecular flexibility index (Phi) is 3.33. The van der Waals surface area contributed by atoms with Gasteiger partial charge in [-0.25, -0.2) is 0 Å². The van der Waals surface area contributed by atoms with Crippen molar-refractivity contribution < 1.29 is 4.79 Å². The zero-order valence-corrected chi connectivity index (χ0v) is 12.3. The van der Waals surface area contributed by atoms with Gasteiger partial charge in [0, 0.05) is 6.54 Å². The summed E-state index contributed by atoms with van der Waals surface area (Å²) in [6.07, 6.45) is 9.81. The lowest BCUT2D eigenvalue weighted by Crippen LogP contribution is -2.56. The zero-order chi connectivity index (χ0) is 12.3. The quantitative estimate of drug-likeness (QED) is 0.804. The van der Waals surface area contributed by atoms with Gasteiger partial charge in [-0.05, 0) is 69.1 Å². The van der Waals surface area contributed by atoms with Crippen molar-refractivity contribution in [3.8, 4) is 0 Å². The first kappa shape index (κ1) is 13.7. The molecule has 1 unspecified atom stereocenters. The minimum atomic E-state index is 0. The van der Waals surface area contributed by atoms with Gasteiger partial charge in [0.25, 0.3) is 0 Å². The van der Waals surface area contributed by atoms with E-state index in [2.05, 4.69) is 0 Å². The van der Waals surface area contributed by atoms with Gasteiger partial charge in [0.05, 0.1) is 11.6 Å². The van der Waals surface area contributed by atoms with Crippen LogP contribution in [0.5, 0.6) is 0 Å². The largest absolute Gasteiger partial charge is 0.327 e. The van der Waals surface area contributed by atoms with Crippen molar-refractivity contribution in [2.45, 2.75) is 57.5 Å². The lowest BCUT2D eigenvalue weighted by Gasteiger charge is -2.56. The molecule has 5 rings (SSSR count). The minimum Gasteiger partial charge on any atom is -0.327 e. The van der Waals surface area contributed by atoms with Crippen LogP contribution in [-0.4, -0.2) is 23.5 Å². The van der Waals surface area contributed by atoms with Gasteiger partial charge in [-0.15, -0.1) is 12.4 Å². The summed E-state index contributed by atoms with van der Waals surface area (Å²) in [6, 6.07) is 0. The second-order valence-corrected chi connectivity index (χ2v) is 7.41. The van der Waals surface area contributed by atoms with Crippen LogP contribution in [0.3, 0.4) is 0 Å². The molecule has 0 radical (unpaired) electrons. The molecule has 2 N–H and O–H groups in total. The molecule has 4 bridgehead atoms. The number of nitrogens with two attached hydrogens (primary N) is 1. The van der Waals surface area contributed by atoms with Gasteiger partial charge >= 0.3 is 0 Å². The average Bonchev–Trinajstić information content (AvgIpc) is 2.72. The third-order valence-electron chi connectivity index (χ3n) is 6.05. The van der Waals surface area contributed by atoms with Gasteiger partial charge in [-0.1, -0.05) is 0 Å². The fraction of sp³-hybridized carbons (Fsp3) is 0.933. The third-order valence-corrected chi connectivity index (χ3v) is 6.05. The van der Waals surface area contributed by atoms with E-state index in [1.54, 1.807) is 0 Å². The highest BCUT2D eigenvalue weighted by Gasteiger charge is 2.56. The molecule has 1 amide bonds. The summed E-state index contributed by atoms with van der Waals surface area (Å²) in [6.45, 7) is 0.905. The first-order valence-corrected chi connectivity index (χ1v) is 7.73. The van der Waals surface area contributed by atoms with Crippen LogP contribution >= 0.6 is 12.4 Å². The van der Waals surface area contributed by atoms with E-state index in [1.165, 1.54) is 38.5 Å². The monoisotopic (exact) mass is 284 g/mol. The SMILES string of the molecule is Cl.NC1CCCN1C(=O)C12CC3CC(CC(C3)C1)C2. The lowest BCUT2D eigenvalue weighted by molar-refractivity contribution is -0.158. The fourth-order valence-electron chi connectivity index (χ4n) is 5.72. The Hall–Kier alpha value is -0.280. The Morgan fingerprint density at radius 3 is 2.00 bits per heavy atom. The van der Waals surface area contributed by atoms with Crippen LogP contribution in [0, 0.1) is 23.2 Å². The van der Waals surface area contributed by atoms with Crippen LogP contribution in [0.4, 0.5) is 0 Å². The third kappa shape index (κ3) is 2.01. The van der Waals surface area contributed by atoms with Crippen molar-refractivity contribution in [1.82, 2.24) is 4.90 Å². The van der Waals surface area contributed by atoms with Crippen molar-refractivity contribution in [3.63, 3.8) is 0 Å². The number of amides is 1. The molecule has 0 aromatic rings. The Balaban J connectivity index is 0.00000110. The van der Waals surface area contributed by atoms with Crippen LogP contribution in [0.15, 0.2) is 0 Å². The summed E-state index contributed by atoms with van der Waals surface area (Å²) < 4.78 is 0. The molecule has 0 aromatic carbocycles. The Labute approximate surface area is 121 Å². The maximum Gasteiger partial charge on any atom is 0.230 e. The van der Waals surface area contributed by atoms with Crippen LogP contribution in [0.1, 0.15) is 51.4 Å². The molecule has 4 saturated carbocycles. The van der Waals surface area contributed by atoms with Gasteiger partial charge < -0.3 is 10.6 Å². The van der Waals surface area contributed by atoms with Crippen molar-refractivity contribution in [1.29, 1.82) is 0 Å². The molecule has 19 heavy (non-hydrogen) atoms. The van der Waals surface area contributed by atoms with Gasteiger partial charge in [-0.3, -0.25) is 4.79 Å². The molecule has 4 heteroatoms. The highest BCUT2D eigenvalue weighted by Crippen LogP contribution is 2.60. The molecule has 1 aliphatic heterocycles. The van der Waals surface area contributed by atoms with E-state index in [9.17, 15) is 4.79 Å². The summed E-state index contributed by atoms with van der Waals surface area (Å²) >= 11 is 0. The van der Waals surface area contributed by atoms with E-state index in [1.807, 2.05) is 4.90 Å². The molecule has 4 aliphatic carbocycles. The summed E-state index contributed by atoms with van der Waals surface area (Å²) in [4.78, 5) is 15.0. The Morgan fingerprint density at radius 1 is 1.05 bits per heavy atom. The Bertz CT molecular complexity index is 349. The summed E-state index contributed by atoms with van der Waals surface area (Å²) in [7, 11) is 0. The number of carbonyl (C=O) groups excluding carboxylic acids is 1. The molecule has 5 aliphatic rings. The van der Waals surface area contributed by atoms with Gasteiger partial charge in [0.2, 0.25) is 5.91 Å². The van der Waals surface area contributed by atoms with Crippen molar-refractivity contribution in [2.75, 3.05) is 6.54 Å². The molecule has 1 saturated heterocycles. The van der Waals surface area contributed by atoms with Crippen LogP contribution in [-0.2, 0) is 4.79 Å². The normalized spacial score (nSPS) is 47.3. The number of nitrogens with zero attached hydrogens (tertiary/aromatic N) is 1. The number of hydrogen-bond acceptors (Lipinski definition) is 2. The Morgan fingerprint density at radius 2 is 1.58 bits per heavy atom. The summed E-state index contributed by atoms with van der Waals surface area (Å²) in [5.74, 6) is 2.96. The second-order valence-electron chi connectivity index (χ2n) is 7.41. The van der Waals surface area contributed by atoms with E-state index in [0.29, 0.717) is 5.91 Å². The van der Waals surface area contributed by atoms with Crippen molar-refractivity contribution >= 4 is 18.3 Å². The van der Waals surface area contributed by atoms with E-state index in [-0.39, 0.29) is 24.0 Å². The van der Waals surface area contributed by atoms with Crippen molar-refractivity contribution in [2.24, 2.45) is 28.9 Å². The number of hydrogen-bond donors (Lipinski definition) is 1. The first-order valence-electron chi connectivity index (χ1n) is 7.73. The van der Waals surface area contributed by atoms with Crippen LogP contribution < -0.4 is 5.73 Å². The maximum atomic E-state index is 13.0. The van der Waals surface area contributed by atoms with Gasteiger partial charge in [-0.2, -0.15) is 0 Å². The minimum absolute atomic E-state index is 0. The second kappa shape index (κ2) is 4.63. The number of rotatable bonds is 1. The number of halogens is 1.